The molecule has 0 unspecified atom stereocenters. The van der Waals surface area contributed by atoms with Gasteiger partial charge in [0.2, 0.25) is 0 Å². The molecular weight excluding hydrogens is 356 g/mol. The number of primary amides is 1. The van der Waals surface area contributed by atoms with Crippen molar-refractivity contribution in [2.75, 3.05) is 17.2 Å². The van der Waals surface area contributed by atoms with Gasteiger partial charge < -0.3 is 26.7 Å². The van der Waals surface area contributed by atoms with Gasteiger partial charge in [-0.05, 0) is 32.0 Å². The number of anilines is 3. The highest BCUT2D eigenvalue weighted by Gasteiger charge is 2.13. The van der Waals surface area contributed by atoms with Crippen LogP contribution in [0.2, 0.25) is 0 Å². The predicted molar refractivity (Wildman–Crippen MR) is 109 cm³/mol. The molecular formula is C19H24N8O. The SMILES string of the molecule is Cc1nc(Nc2cc(NC[C@H](C)N)cnc2C(N)=O)ccc1-c1cn(C)cn1. The lowest BCUT2D eigenvalue weighted by Gasteiger charge is -2.14. The minimum atomic E-state index is -0.622. The quantitative estimate of drug-likeness (QED) is 0.490. The number of hydrogen-bond acceptors (Lipinski definition) is 7. The summed E-state index contributed by atoms with van der Waals surface area (Å²) in [5, 5.41) is 6.31. The van der Waals surface area contributed by atoms with E-state index in [9.17, 15) is 4.79 Å². The molecule has 0 saturated heterocycles. The number of imidazole rings is 1. The Morgan fingerprint density at radius 2 is 2.11 bits per heavy atom. The van der Waals surface area contributed by atoms with Gasteiger partial charge >= 0.3 is 0 Å². The highest BCUT2D eigenvalue weighted by molar-refractivity contribution is 5.97. The summed E-state index contributed by atoms with van der Waals surface area (Å²) < 4.78 is 1.88. The van der Waals surface area contributed by atoms with E-state index in [0.717, 1.165) is 22.6 Å². The van der Waals surface area contributed by atoms with Crippen molar-refractivity contribution >= 4 is 23.1 Å². The first-order valence-electron chi connectivity index (χ1n) is 8.86. The summed E-state index contributed by atoms with van der Waals surface area (Å²) in [5.41, 5.74) is 15.2. The minimum Gasteiger partial charge on any atom is -0.382 e. The summed E-state index contributed by atoms with van der Waals surface area (Å²) in [5.74, 6) is -0.0473. The summed E-state index contributed by atoms with van der Waals surface area (Å²) in [6.45, 7) is 4.38. The van der Waals surface area contributed by atoms with Crippen LogP contribution in [0.1, 0.15) is 23.1 Å². The number of amides is 1. The summed E-state index contributed by atoms with van der Waals surface area (Å²) in [7, 11) is 1.92. The third kappa shape index (κ3) is 4.44. The number of hydrogen-bond donors (Lipinski definition) is 4. The van der Waals surface area contributed by atoms with Crippen LogP contribution in [-0.2, 0) is 7.05 Å². The van der Waals surface area contributed by atoms with Crippen molar-refractivity contribution in [1.82, 2.24) is 19.5 Å². The molecule has 28 heavy (non-hydrogen) atoms. The number of aryl methyl sites for hydroxylation is 2. The zero-order chi connectivity index (χ0) is 20.3. The van der Waals surface area contributed by atoms with Crippen LogP contribution in [0.25, 0.3) is 11.3 Å². The Morgan fingerprint density at radius 3 is 2.71 bits per heavy atom. The van der Waals surface area contributed by atoms with Crippen LogP contribution in [0.5, 0.6) is 0 Å². The maximum atomic E-state index is 11.7. The van der Waals surface area contributed by atoms with Gasteiger partial charge in [-0.25, -0.2) is 15.0 Å². The average Bonchev–Trinajstić information content (AvgIpc) is 3.06. The average molecular weight is 380 g/mol. The summed E-state index contributed by atoms with van der Waals surface area (Å²) >= 11 is 0. The molecule has 0 saturated carbocycles. The zero-order valence-corrected chi connectivity index (χ0v) is 16.1. The topological polar surface area (TPSA) is 137 Å². The second-order valence-corrected chi connectivity index (χ2v) is 6.72. The maximum Gasteiger partial charge on any atom is 0.269 e. The molecule has 3 heterocycles. The van der Waals surface area contributed by atoms with Gasteiger partial charge in [0.15, 0.2) is 5.69 Å². The second kappa shape index (κ2) is 8.05. The zero-order valence-electron chi connectivity index (χ0n) is 16.1. The van der Waals surface area contributed by atoms with Crippen LogP contribution in [-0.4, -0.2) is 38.0 Å². The fraction of sp³-hybridized carbons (Fsp3) is 0.263. The Morgan fingerprint density at radius 1 is 1.32 bits per heavy atom. The van der Waals surface area contributed by atoms with E-state index in [0.29, 0.717) is 18.1 Å². The molecule has 3 aromatic heterocycles. The van der Waals surface area contributed by atoms with Crippen LogP contribution in [0.15, 0.2) is 36.9 Å². The molecule has 1 atom stereocenters. The van der Waals surface area contributed by atoms with Gasteiger partial charge in [-0.15, -0.1) is 0 Å². The molecule has 3 aromatic rings. The Bertz CT molecular complexity index is 995. The summed E-state index contributed by atoms with van der Waals surface area (Å²) in [6.07, 6.45) is 5.22. The molecule has 0 aliphatic rings. The lowest BCUT2D eigenvalue weighted by Crippen LogP contribution is -2.25. The Hall–Kier alpha value is -3.46. The molecule has 1 amide bonds. The molecule has 0 aliphatic carbocycles. The molecule has 0 aromatic carbocycles. The van der Waals surface area contributed by atoms with E-state index >= 15 is 0 Å². The summed E-state index contributed by atoms with van der Waals surface area (Å²) in [4.78, 5) is 24.8. The fourth-order valence-electron chi connectivity index (χ4n) is 2.72. The maximum absolute atomic E-state index is 11.7. The van der Waals surface area contributed by atoms with Crippen LogP contribution in [0.4, 0.5) is 17.2 Å². The van der Waals surface area contributed by atoms with E-state index in [4.69, 9.17) is 11.5 Å². The van der Waals surface area contributed by atoms with Gasteiger partial charge in [-0.1, -0.05) is 0 Å². The first-order valence-corrected chi connectivity index (χ1v) is 8.86. The number of rotatable bonds is 7. The van der Waals surface area contributed by atoms with Crippen molar-refractivity contribution in [3.05, 3.63) is 48.3 Å². The number of nitrogens with two attached hydrogens (primary N) is 2. The number of pyridine rings is 2. The fourth-order valence-corrected chi connectivity index (χ4v) is 2.72. The summed E-state index contributed by atoms with van der Waals surface area (Å²) in [6, 6.07) is 5.50. The number of carbonyl (C=O) groups is 1. The van der Waals surface area contributed by atoms with E-state index in [1.165, 1.54) is 0 Å². The first kappa shape index (κ1) is 19.3. The molecule has 9 heteroatoms. The normalized spacial score (nSPS) is 11.9. The van der Waals surface area contributed by atoms with Gasteiger partial charge in [-0.3, -0.25) is 4.79 Å². The van der Waals surface area contributed by atoms with Crippen molar-refractivity contribution in [3.8, 4) is 11.3 Å². The van der Waals surface area contributed by atoms with Crippen molar-refractivity contribution in [1.29, 1.82) is 0 Å². The Kier molecular flexibility index (Phi) is 5.55. The van der Waals surface area contributed by atoms with E-state index in [2.05, 4.69) is 25.6 Å². The molecule has 146 valence electrons. The van der Waals surface area contributed by atoms with Gasteiger partial charge in [0.05, 0.1) is 29.6 Å². The Labute approximate surface area is 163 Å². The number of aromatic nitrogens is 4. The Balaban J connectivity index is 1.88. The monoisotopic (exact) mass is 380 g/mol. The minimum absolute atomic E-state index is 0.0179. The first-order chi connectivity index (χ1) is 13.3. The molecule has 0 fully saturated rings. The predicted octanol–water partition coefficient (Wildman–Crippen LogP) is 1.79. The van der Waals surface area contributed by atoms with Gasteiger partial charge in [0.25, 0.3) is 5.91 Å². The number of nitrogens with one attached hydrogen (secondary N) is 2. The van der Waals surface area contributed by atoms with Crippen LogP contribution < -0.4 is 22.1 Å². The van der Waals surface area contributed by atoms with E-state index in [1.807, 2.05) is 43.8 Å². The van der Waals surface area contributed by atoms with Gasteiger partial charge in [-0.2, -0.15) is 0 Å². The molecule has 0 radical (unpaired) electrons. The van der Waals surface area contributed by atoms with Crippen LogP contribution >= 0.6 is 0 Å². The molecule has 3 rings (SSSR count). The number of carbonyl (C=O) groups excluding carboxylic acids is 1. The van der Waals surface area contributed by atoms with Crippen LogP contribution in [0, 0.1) is 6.92 Å². The van der Waals surface area contributed by atoms with Crippen molar-refractivity contribution in [3.63, 3.8) is 0 Å². The standard InChI is InChI=1S/C19H24N8O/c1-11(20)7-22-13-6-15(18(19(21)28)23-8-13)26-17-5-4-14(12(2)25-17)16-9-27(3)10-24-16/h4-6,8-11,22H,7,20H2,1-3H3,(H2,21,28)(H,25,26)/t11-/m0/s1. The molecule has 0 aliphatic heterocycles. The molecule has 6 N–H and O–H groups in total. The van der Waals surface area contributed by atoms with Crippen LogP contribution in [0.3, 0.4) is 0 Å². The molecule has 0 bridgehead atoms. The third-order valence-electron chi connectivity index (χ3n) is 4.08. The number of nitrogens with zero attached hydrogens (tertiary/aromatic N) is 4. The van der Waals surface area contributed by atoms with E-state index < -0.39 is 5.91 Å². The van der Waals surface area contributed by atoms with Crippen molar-refractivity contribution < 1.29 is 4.79 Å². The van der Waals surface area contributed by atoms with E-state index in [1.54, 1.807) is 18.6 Å². The largest absolute Gasteiger partial charge is 0.382 e. The highest BCUT2D eigenvalue weighted by Crippen LogP contribution is 2.25. The highest BCUT2D eigenvalue weighted by atomic mass is 16.1. The second-order valence-electron chi connectivity index (χ2n) is 6.72. The van der Waals surface area contributed by atoms with E-state index in [-0.39, 0.29) is 11.7 Å². The molecule has 0 spiro atoms. The lowest BCUT2D eigenvalue weighted by atomic mass is 10.1. The van der Waals surface area contributed by atoms with Gasteiger partial charge in [0, 0.05) is 37.1 Å². The van der Waals surface area contributed by atoms with Crippen molar-refractivity contribution in [2.45, 2.75) is 19.9 Å². The van der Waals surface area contributed by atoms with Crippen molar-refractivity contribution in [2.24, 2.45) is 18.5 Å². The lowest BCUT2D eigenvalue weighted by molar-refractivity contribution is 0.0996. The smallest absolute Gasteiger partial charge is 0.269 e. The molecule has 9 nitrogen and oxygen atoms in total. The van der Waals surface area contributed by atoms with Gasteiger partial charge in [0.1, 0.15) is 5.82 Å². The third-order valence-corrected chi connectivity index (χ3v) is 4.08.